The zero-order chi connectivity index (χ0) is 13.3. The smallest absolute Gasteiger partial charge is 0.163 e. The van der Waals surface area contributed by atoms with E-state index in [0.717, 1.165) is 36.9 Å². The van der Waals surface area contributed by atoms with Gasteiger partial charge in [-0.15, -0.1) is 0 Å². The van der Waals surface area contributed by atoms with Crippen molar-refractivity contribution in [2.75, 3.05) is 51.5 Å². The summed E-state index contributed by atoms with van der Waals surface area (Å²) in [5, 5.41) is 0. The van der Waals surface area contributed by atoms with Gasteiger partial charge in [-0.2, -0.15) is 0 Å². The monoisotopic (exact) mass is 264 g/mol. The second-order valence-corrected chi connectivity index (χ2v) is 5.38. The molecule has 0 aliphatic carbocycles. The number of nitrogens with zero attached hydrogens (tertiary/aromatic N) is 1. The van der Waals surface area contributed by atoms with Gasteiger partial charge < -0.3 is 24.8 Å². The summed E-state index contributed by atoms with van der Waals surface area (Å²) < 4.78 is 16.4. The molecule has 0 aromatic heterocycles. The topological polar surface area (TPSA) is 57.0 Å². The lowest BCUT2D eigenvalue weighted by atomic mass is 9.85. The SMILES string of the molecule is CN(CC1(CN)COC1)c1ccc2c(c1)OCCO2. The van der Waals surface area contributed by atoms with Gasteiger partial charge >= 0.3 is 0 Å². The lowest BCUT2D eigenvalue weighted by Gasteiger charge is -2.43. The van der Waals surface area contributed by atoms with Gasteiger partial charge in [0, 0.05) is 37.3 Å². The van der Waals surface area contributed by atoms with E-state index >= 15 is 0 Å². The molecule has 0 unspecified atom stereocenters. The van der Waals surface area contributed by atoms with Gasteiger partial charge in [-0.25, -0.2) is 0 Å². The van der Waals surface area contributed by atoms with Gasteiger partial charge in [0.2, 0.25) is 0 Å². The molecular formula is C14H20N2O3. The van der Waals surface area contributed by atoms with Crippen molar-refractivity contribution in [3.63, 3.8) is 0 Å². The molecule has 2 aliphatic heterocycles. The maximum Gasteiger partial charge on any atom is 0.163 e. The molecule has 1 saturated heterocycles. The average molecular weight is 264 g/mol. The third kappa shape index (κ3) is 2.35. The van der Waals surface area contributed by atoms with E-state index in [9.17, 15) is 0 Å². The van der Waals surface area contributed by atoms with Crippen LogP contribution in [0.4, 0.5) is 5.69 Å². The lowest BCUT2D eigenvalue weighted by Crippen LogP contribution is -2.54. The third-order valence-electron chi connectivity index (χ3n) is 3.79. The number of anilines is 1. The number of ether oxygens (including phenoxy) is 3. The number of fused-ring (bicyclic) bond motifs is 1. The van der Waals surface area contributed by atoms with E-state index in [1.807, 2.05) is 12.1 Å². The minimum Gasteiger partial charge on any atom is -0.486 e. The first kappa shape index (κ1) is 12.6. The summed E-state index contributed by atoms with van der Waals surface area (Å²) in [7, 11) is 2.07. The fourth-order valence-electron chi connectivity index (χ4n) is 2.53. The maximum absolute atomic E-state index is 5.85. The molecule has 0 atom stereocenters. The van der Waals surface area contributed by atoms with Gasteiger partial charge in [0.25, 0.3) is 0 Å². The molecule has 5 heteroatoms. The highest BCUT2D eigenvalue weighted by molar-refractivity contribution is 5.56. The fourth-order valence-corrected chi connectivity index (χ4v) is 2.53. The molecule has 104 valence electrons. The zero-order valence-electron chi connectivity index (χ0n) is 11.2. The summed E-state index contributed by atoms with van der Waals surface area (Å²) in [6.07, 6.45) is 0. The third-order valence-corrected chi connectivity index (χ3v) is 3.79. The molecule has 0 amide bonds. The highest BCUT2D eigenvalue weighted by Gasteiger charge is 2.38. The van der Waals surface area contributed by atoms with Crippen LogP contribution in [0.25, 0.3) is 0 Å². The molecule has 1 aromatic carbocycles. The average Bonchev–Trinajstić information content (AvgIpc) is 2.42. The lowest BCUT2D eigenvalue weighted by molar-refractivity contribution is -0.101. The van der Waals surface area contributed by atoms with Crippen LogP contribution >= 0.6 is 0 Å². The molecule has 0 radical (unpaired) electrons. The van der Waals surface area contributed by atoms with Crippen LogP contribution in [0.3, 0.4) is 0 Å². The molecule has 2 aliphatic rings. The van der Waals surface area contributed by atoms with E-state index in [2.05, 4.69) is 18.0 Å². The normalized spacial score (nSPS) is 19.7. The molecule has 0 bridgehead atoms. The van der Waals surface area contributed by atoms with Crippen molar-refractivity contribution >= 4 is 5.69 Å². The summed E-state index contributed by atoms with van der Waals surface area (Å²) >= 11 is 0. The maximum atomic E-state index is 5.85. The number of rotatable bonds is 4. The Labute approximate surface area is 113 Å². The van der Waals surface area contributed by atoms with E-state index in [4.69, 9.17) is 19.9 Å². The Morgan fingerprint density at radius 3 is 2.58 bits per heavy atom. The van der Waals surface area contributed by atoms with Gasteiger partial charge in [-0.05, 0) is 12.1 Å². The second-order valence-electron chi connectivity index (χ2n) is 5.38. The van der Waals surface area contributed by atoms with Gasteiger partial charge in [-0.3, -0.25) is 0 Å². The molecule has 5 nitrogen and oxygen atoms in total. The van der Waals surface area contributed by atoms with E-state index in [1.165, 1.54) is 0 Å². The Morgan fingerprint density at radius 1 is 1.21 bits per heavy atom. The van der Waals surface area contributed by atoms with Crippen molar-refractivity contribution < 1.29 is 14.2 Å². The van der Waals surface area contributed by atoms with Gasteiger partial charge in [0.1, 0.15) is 13.2 Å². The molecule has 1 fully saturated rings. The predicted molar refractivity (Wildman–Crippen MR) is 73.0 cm³/mol. The van der Waals surface area contributed by atoms with Crippen LogP contribution in [0, 0.1) is 5.41 Å². The minimum atomic E-state index is 0.0992. The van der Waals surface area contributed by atoms with Crippen molar-refractivity contribution in [3.8, 4) is 11.5 Å². The first-order chi connectivity index (χ1) is 9.22. The van der Waals surface area contributed by atoms with Crippen LogP contribution in [0.1, 0.15) is 0 Å². The van der Waals surface area contributed by atoms with E-state index in [1.54, 1.807) is 0 Å². The van der Waals surface area contributed by atoms with E-state index in [-0.39, 0.29) is 5.41 Å². The Kier molecular flexibility index (Phi) is 3.24. The highest BCUT2D eigenvalue weighted by Crippen LogP contribution is 2.35. The summed E-state index contributed by atoms with van der Waals surface area (Å²) in [5.74, 6) is 1.64. The van der Waals surface area contributed by atoms with Crippen molar-refractivity contribution in [2.24, 2.45) is 11.1 Å². The number of nitrogens with two attached hydrogens (primary N) is 1. The first-order valence-electron chi connectivity index (χ1n) is 6.61. The summed E-state index contributed by atoms with van der Waals surface area (Å²) in [5.41, 5.74) is 7.07. The van der Waals surface area contributed by atoms with E-state index < -0.39 is 0 Å². The molecule has 2 heterocycles. The minimum absolute atomic E-state index is 0.0992. The summed E-state index contributed by atoms with van der Waals surface area (Å²) in [6, 6.07) is 6.04. The van der Waals surface area contributed by atoms with Gasteiger partial charge in [-0.1, -0.05) is 0 Å². The van der Waals surface area contributed by atoms with Crippen molar-refractivity contribution in [1.82, 2.24) is 0 Å². The van der Waals surface area contributed by atoms with Crippen molar-refractivity contribution in [3.05, 3.63) is 18.2 Å². The van der Waals surface area contributed by atoms with Crippen molar-refractivity contribution in [2.45, 2.75) is 0 Å². The summed E-state index contributed by atoms with van der Waals surface area (Å²) in [6.45, 7) is 4.28. The van der Waals surface area contributed by atoms with Gasteiger partial charge in [0.15, 0.2) is 11.5 Å². The Balaban J connectivity index is 1.74. The van der Waals surface area contributed by atoms with Gasteiger partial charge in [0.05, 0.1) is 13.2 Å². The zero-order valence-corrected chi connectivity index (χ0v) is 11.2. The van der Waals surface area contributed by atoms with E-state index in [0.29, 0.717) is 19.8 Å². The van der Waals surface area contributed by atoms with Crippen LogP contribution < -0.4 is 20.1 Å². The van der Waals surface area contributed by atoms with Crippen LogP contribution in [0.15, 0.2) is 18.2 Å². The number of hydrogen-bond donors (Lipinski definition) is 1. The molecule has 1 aromatic rings. The van der Waals surface area contributed by atoms with Crippen molar-refractivity contribution in [1.29, 1.82) is 0 Å². The van der Waals surface area contributed by atoms with Crippen LogP contribution in [-0.4, -0.2) is 46.6 Å². The second kappa shape index (κ2) is 4.90. The number of hydrogen-bond acceptors (Lipinski definition) is 5. The molecule has 3 rings (SSSR count). The Hall–Kier alpha value is -1.46. The quantitative estimate of drug-likeness (QED) is 0.874. The fraction of sp³-hybridized carbons (Fsp3) is 0.571. The Morgan fingerprint density at radius 2 is 1.95 bits per heavy atom. The first-order valence-corrected chi connectivity index (χ1v) is 6.61. The van der Waals surface area contributed by atoms with Crippen LogP contribution in [0.2, 0.25) is 0 Å². The molecule has 19 heavy (non-hydrogen) atoms. The molecular weight excluding hydrogens is 244 g/mol. The number of benzene rings is 1. The van der Waals surface area contributed by atoms with Crippen LogP contribution in [0.5, 0.6) is 11.5 Å². The largest absolute Gasteiger partial charge is 0.486 e. The standard InChI is InChI=1S/C14H20N2O3/c1-16(8-14(7-15)9-17-10-14)11-2-3-12-13(6-11)19-5-4-18-12/h2-3,6H,4-5,7-10,15H2,1H3. The molecule has 2 N–H and O–H groups in total. The predicted octanol–water partition coefficient (Wildman–Crippen LogP) is 0.869. The molecule has 0 spiro atoms. The Bertz CT molecular complexity index is 454. The summed E-state index contributed by atoms with van der Waals surface area (Å²) in [4.78, 5) is 2.20. The van der Waals surface area contributed by atoms with Crippen LogP contribution in [-0.2, 0) is 4.74 Å². The molecule has 0 saturated carbocycles. The highest BCUT2D eigenvalue weighted by atomic mass is 16.6.